The number of para-hydroxylation sites is 1. The van der Waals surface area contributed by atoms with Crippen LogP contribution in [-0.2, 0) is 14.3 Å². The first-order chi connectivity index (χ1) is 14.5. The summed E-state index contributed by atoms with van der Waals surface area (Å²) < 4.78 is 11.0. The Kier molecular flexibility index (Phi) is 5.63. The van der Waals surface area contributed by atoms with E-state index >= 15 is 0 Å². The quantitative estimate of drug-likeness (QED) is 0.654. The summed E-state index contributed by atoms with van der Waals surface area (Å²) in [6.07, 6.45) is 0.690. The lowest BCUT2D eigenvalue weighted by atomic mass is 9.94. The third-order valence-corrected chi connectivity index (χ3v) is 6.40. The molecule has 2 atom stereocenters. The van der Waals surface area contributed by atoms with Crippen LogP contribution in [-0.4, -0.2) is 34.3 Å². The van der Waals surface area contributed by atoms with E-state index in [0.717, 1.165) is 5.56 Å². The highest BCUT2D eigenvalue weighted by Gasteiger charge is 2.47. The Morgan fingerprint density at radius 1 is 1.13 bits per heavy atom. The highest BCUT2D eigenvalue weighted by molar-refractivity contribution is 8.15. The van der Waals surface area contributed by atoms with Gasteiger partial charge in [0.15, 0.2) is 5.17 Å². The van der Waals surface area contributed by atoms with Crippen LogP contribution in [0.5, 0.6) is 11.5 Å². The smallest absolute Gasteiger partial charge is 0.338 e. The predicted octanol–water partition coefficient (Wildman–Crippen LogP) is 4.69. The van der Waals surface area contributed by atoms with Crippen LogP contribution in [0.3, 0.4) is 0 Å². The second-order valence-electron chi connectivity index (χ2n) is 7.00. The van der Waals surface area contributed by atoms with Crippen molar-refractivity contribution in [1.82, 2.24) is 4.90 Å². The van der Waals surface area contributed by atoms with Crippen molar-refractivity contribution in [2.75, 3.05) is 7.11 Å². The fraction of sp³-hybridized carbons (Fsp3) is 0.261. The van der Waals surface area contributed by atoms with E-state index in [-0.39, 0.29) is 11.2 Å². The summed E-state index contributed by atoms with van der Waals surface area (Å²) in [5.41, 5.74) is 1.69. The first kappa shape index (κ1) is 20.2. The minimum Gasteiger partial charge on any atom is -0.466 e. The highest BCUT2D eigenvalue weighted by Crippen LogP contribution is 2.44. The molecule has 0 spiro atoms. The Morgan fingerprint density at radius 3 is 2.57 bits per heavy atom. The van der Waals surface area contributed by atoms with Crippen LogP contribution in [0.15, 0.2) is 70.9 Å². The van der Waals surface area contributed by atoms with Gasteiger partial charge in [-0.3, -0.25) is 9.69 Å². The molecule has 1 fully saturated rings. The van der Waals surface area contributed by atoms with E-state index in [2.05, 4.69) is 4.99 Å². The van der Waals surface area contributed by atoms with Gasteiger partial charge in [-0.1, -0.05) is 49.0 Å². The van der Waals surface area contributed by atoms with Crippen molar-refractivity contribution in [1.29, 1.82) is 0 Å². The maximum absolute atomic E-state index is 13.1. The number of ether oxygens (including phenoxy) is 2. The average molecular weight is 423 g/mol. The first-order valence-electron chi connectivity index (χ1n) is 9.73. The standard InChI is InChI=1S/C23H22N2O4S/c1-4-18-21(26)25-20(19(22(27)28-3)14(2)24-23(25)30-18)15-9-8-12-17(13-15)29-16-10-6-5-7-11-16/h5-13,18,20H,4H2,1-3H3. The van der Waals surface area contributed by atoms with E-state index in [1.165, 1.54) is 18.9 Å². The molecule has 0 N–H and O–H groups in total. The summed E-state index contributed by atoms with van der Waals surface area (Å²) in [6.45, 7) is 3.75. The van der Waals surface area contributed by atoms with Gasteiger partial charge in [0, 0.05) is 0 Å². The lowest BCUT2D eigenvalue weighted by Gasteiger charge is -2.33. The van der Waals surface area contributed by atoms with Crippen LogP contribution in [0.25, 0.3) is 0 Å². The number of fused-ring (bicyclic) bond motifs is 1. The minimum atomic E-state index is -0.610. The monoisotopic (exact) mass is 422 g/mol. The second kappa shape index (κ2) is 8.36. The molecular weight excluding hydrogens is 400 g/mol. The van der Waals surface area contributed by atoms with Crippen LogP contribution in [0.2, 0.25) is 0 Å². The Bertz CT molecular complexity index is 1050. The zero-order valence-electron chi connectivity index (χ0n) is 17.0. The topological polar surface area (TPSA) is 68.2 Å². The number of carbonyl (C=O) groups is 2. The normalized spacial score (nSPS) is 20.7. The van der Waals surface area contributed by atoms with Crippen LogP contribution >= 0.6 is 11.8 Å². The Morgan fingerprint density at radius 2 is 1.87 bits per heavy atom. The number of thioether (sulfide) groups is 1. The number of carbonyl (C=O) groups excluding carboxylic acids is 2. The molecule has 154 valence electrons. The molecule has 2 aliphatic heterocycles. The van der Waals surface area contributed by atoms with Gasteiger partial charge in [-0.05, 0) is 43.2 Å². The molecule has 1 amide bonds. The van der Waals surface area contributed by atoms with Gasteiger partial charge in [0.2, 0.25) is 5.91 Å². The van der Waals surface area contributed by atoms with Gasteiger partial charge in [0.1, 0.15) is 11.5 Å². The molecule has 0 aliphatic carbocycles. The number of rotatable bonds is 5. The number of aliphatic imine (C=N–C) groups is 1. The Hall–Kier alpha value is -3.06. The molecule has 0 aromatic heterocycles. The van der Waals surface area contributed by atoms with Crippen molar-refractivity contribution in [2.24, 2.45) is 4.99 Å². The SMILES string of the molecule is CCC1SC2=NC(C)=C(C(=O)OC)C(c3cccc(Oc4ccccc4)c3)N2C1=O. The molecule has 2 unspecified atom stereocenters. The maximum atomic E-state index is 13.1. The van der Waals surface area contributed by atoms with Crippen molar-refractivity contribution in [3.63, 3.8) is 0 Å². The fourth-order valence-corrected chi connectivity index (χ4v) is 4.78. The molecule has 2 aliphatic rings. The zero-order valence-corrected chi connectivity index (χ0v) is 17.8. The van der Waals surface area contributed by atoms with E-state index in [0.29, 0.717) is 34.4 Å². The van der Waals surface area contributed by atoms with E-state index in [4.69, 9.17) is 9.47 Å². The summed E-state index contributed by atoms with van der Waals surface area (Å²) >= 11 is 1.44. The van der Waals surface area contributed by atoms with Gasteiger partial charge in [-0.25, -0.2) is 9.79 Å². The van der Waals surface area contributed by atoms with Crippen molar-refractivity contribution < 1.29 is 19.1 Å². The van der Waals surface area contributed by atoms with E-state index < -0.39 is 12.0 Å². The zero-order chi connectivity index (χ0) is 21.3. The molecule has 1 saturated heterocycles. The van der Waals surface area contributed by atoms with Gasteiger partial charge in [-0.15, -0.1) is 0 Å². The van der Waals surface area contributed by atoms with Crippen LogP contribution < -0.4 is 4.74 Å². The second-order valence-corrected chi connectivity index (χ2v) is 8.17. The van der Waals surface area contributed by atoms with Crippen molar-refractivity contribution in [3.8, 4) is 11.5 Å². The number of esters is 1. The number of hydrogen-bond acceptors (Lipinski definition) is 6. The molecule has 0 saturated carbocycles. The highest BCUT2D eigenvalue weighted by atomic mass is 32.2. The predicted molar refractivity (Wildman–Crippen MR) is 116 cm³/mol. The summed E-state index contributed by atoms with van der Waals surface area (Å²) in [7, 11) is 1.34. The lowest BCUT2D eigenvalue weighted by Crippen LogP contribution is -2.40. The largest absolute Gasteiger partial charge is 0.466 e. The summed E-state index contributed by atoms with van der Waals surface area (Å²) in [5.74, 6) is 0.789. The summed E-state index contributed by atoms with van der Waals surface area (Å²) in [4.78, 5) is 31.9. The van der Waals surface area contributed by atoms with Crippen LogP contribution in [0, 0.1) is 0 Å². The van der Waals surface area contributed by atoms with Gasteiger partial charge in [0.05, 0.1) is 29.7 Å². The summed E-state index contributed by atoms with van der Waals surface area (Å²) in [5, 5.41) is 0.413. The first-order valence-corrected chi connectivity index (χ1v) is 10.6. The number of amidine groups is 1. The van der Waals surface area contributed by atoms with Gasteiger partial charge in [-0.2, -0.15) is 0 Å². The molecular formula is C23H22N2O4S. The number of amides is 1. The van der Waals surface area contributed by atoms with Crippen molar-refractivity contribution >= 4 is 28.8 Å². The van der Waals surface area contributed by atoms with E-state index in [1.807, 2.05) is 61.5 Å². The Balaban J connectivity index is 1.78. The number of allylic oxidation sites excluding steroid dienone is 1. The number of nitrogens with zero attached hydrogens (tertiary/aromatic N) is 2. The minimum absolute atomic E-state index is 0.0467. The molecule has 2 aromatic rings. The average Bonchev–Trinajstić information content (AvgIpc) is 3.08. The maximum Gasteiger partial charge on any atom is 0.338 e. The molecule has 6 nitrogen and oxygen atoms in total. The fourth-order valence-electron chi connectivity index (χ4n) is 3.65. The number of hydrogen-bond donors (Lipinski definition) is 0. The van der Waals surface area contributed by atoms with Gasteiger partial charge >= 0.3 is 5.97 Å². The van der Waals surface area contributed by atoms with Gasteiger partial charge < -0.3 is 9.47 Å². The number of benzene rings is 2. The van der Waals surface area contributed by atoms with E-state index in [9.17, 15) is 9.59 Å². The van der Waals surface area contributed by atoms with E-state index in [1.54, 1.807) is 11.8 Å². The molecule has 4 rings (SSSR count). The van der Waals surface area contributed by atoms with Crippen LogP contribution in [0.1, 0.15) is 31.9 Å². The molecule has 0 bridgehead atoms. The van der Waals surface area contributed by atoms with Crippen LogP contribution in [0.4, 0.5) is 0 Å². The lowest BCUT2D eigenvalue weighted by molar-refractivity contribution is -0.137. The van der Waals surface area contributed by atoms with Crippen molar-refractivity contribution in [3.05, 3.63) is 71.4 Å². The van der Waals surface area contributed by atoms with Crippen molar-refractivity contribution in [2.45, 2.75) is 31.6 Å². The molecule has 30 heavy (non-hydrogen) atoms. The Labute approximate surface area is 179 Å². The molecule has 2 heterocycles. The third-order valence-electron chi connectivity index (χ3n) is 5.08. The number of methoxy groups -OCH3 is 1. The summed E-state index contributed by atoms with van der Waals surface area (Å²) in [6, 6.07) is 16.3. The molecule has 0 radical (unpaired) electrons. The molecule has 2 aromatic carbocycles. The molecule has 7 heteroatoms. The van der Waals surface area contributed by atoms with Gasteiger partial charge in [0.25, 0.3) is 0 Å². The third kappa shape index (κ3) is 3.61.